The Morgan fingerprint density at radius 1 is 1.00 bits per heavy atom. The van der Waals surface area contributed by atoms with E-state index in [1.54, 1.807) is 6.07 Å². The Bertz CT molecular complexity index is 240. The number of rotatable bonds is 0. The summed E-state index contributed by atoms with van der Waals surface area (Å²) in [4.78, 5) is 0. The fraction of sp³-hybridized carbons (Fsp3) is 0. The Labute approximate surface area is 97.6 Å². The molecule has 0 amide bonds. The van der Waals surface area contributed by atoms with Gasteiger partial charge in [0.15, 0.2) is 0 Å². The standard InChI is InChI=1S/C6HF4.BrH.FH.Mg/c7-3-1-2-4(8)6(10)5(3)9;;;/h1H;2*1H;/q-1;;;+2/p-1. The van der Waals surface area contributed by atoms with Crippen LogP contribution in [0.5, 0.6) is 0 Å². The van der Waals surface area contributed by atoms with Gasteiger partial charge < -0.3 is 4.70 Å². The van der Waals surface area contributed by atoms with Crippen LogP contribution in [0.4, 0.5) is 17.6 Å². The van der Waals surface area contributed by atoms with Crippen molar-refractivity contribution in [3.8, 4) is 0 Å². The molecule has 0 fully saturated rings. The van der Waals surface area contributed by atoms with Gasteiger partial charge in [-0.05, 0) is 0 Å². The Morgan fingerprint density at radius 3 is 1.85 bits per heavy atom. The zero-order chi connectivity index (χ0) is 7.72. The third-order valence-corrected chi connectivity index (χ3v) is 0.921. The van der Waals surface area contributed by atoms with E-state index in [4.69, 9.17) is 0 Å². The Morgan fingerprint density at radius 2 is 1.46 bits per heavy atom. The topological polar surface area (TPSA) is 0 Å². The normalized spacial score (nSPS) is 7.69. The largest absolute Gasteiger partial charge is 2.00 e. The van der Waals surface area contributed by atoms with Crippen LogP contribution in [0.25, 0.3) is 0 Å². The molecule has 1 aromatic carbocycles. The predicted octanol–water partition coefficient (Wildman–Crippen LogP) is -0.756. The predicted molar refractivity (Wildman–Crippen MR) is 41.2 cm³/mol. The van der Waals surface area contributed by atoms with Crippen molar-refractivity contribution in [3.05, 3.63) is 35.4 Å². The van der Waals surface area contributed by atoms with Crippen LogP contribution < -0.4 is 4.70 Å². The van der Waals surface area contributed by atoms with Crippen LogP contribution in [0.3, 0.4) is 0 Å². The van der Waals surface area contributed by atoms with E-state index in [1.807, 2.05) is 0 Å². The van der Waals surface area contributed by atoms with Gasteiger partial charge in [0.25, 0.3) is 0 Å². The van der Waals surface area contributed by atoms with Gasteiger partial charge in [-0.1, -0.05) is 0 Å². The fourth-order valence-corrected chi connectivity index (χ4v) is 0.455. The van der Waals surface area contributed by atoms with Crippen LogP contribution >= 0.6 is 17.0 Å². The monoisotopic (exact) mass is 272 g/mol. The van der Waals surface area contributed by atoms with Crippen LogP contribution in [0.1, 0.15) is 0 Å². The van der Waals surface area contributed by atoms with Crippen LogP contribution in [0.15, 0.2) is 6.07 Å². The first kappa shape index (κ1) is 18.8. The average Bonchev–Trinajstić information content (AvgIpc) is 1.93. The van der Waals surface area contributed by atoms with Crippen molar-refractivity contribution in [2.45, 2.75) is 0 Å². The summed E-state index contributed by atoms with van der Waals surface area (Å²) in [6, 6.07) is 1.95. The molecule has 0 bridgehead atoms. The summed E-state index contributed by atoms with van der Waals surface area (Å²) in [7, 11) is 0. The maximum Gasteiger partial charge on any atom is 2.00 e. The molecule has 0 radical (unpaired) electrons. The molecule has 0 nitrogen and oxygen atoms in total. The minimum Gasteiger partial charge on any atom is -1.00 e. The molecule has 0 saturated heterocycles. The number of hydrogen-bond acceptors (Lipinski definition) is 0. The molecule has 0 aliphatic heterocycles. The first-order chi connectivity index (χ1) is 4.63. The quantitative estimate of drug-likeness (QED) is 0.192. The average molecular weight is 273 g/mol. The SMILES string of the molecule is Br.Fc1[c-]cc(F)c(F)c1F.[F-].[Mg+2]. The number of benzene rings is 1. The first-order valence-corrected chi connectivity index (χ1v) is 2.33. The smallest absolute Gasteiger partial charge is 1.00 e. The third kappa shape index (κ3) is 4.23. The van der Waals surface area contributed by atoms with Crippen LogP contribution in [0, 0.1) is 29.3 Å². The molecular formula is C6H2BrF5Mg. The van der Waals surface area contributed by atoms with Crippen molar-refractivity contribution >= 4 is 40.0 Å². The molecule has 0 heterocycles. The molecule has 0 aliphatic carbocycles. The zero-order valence-corrected chi connectivity index (χ0v) is 9.21. The van der Waals surface area contributed by atoms with Crippen molar-refractivity contribution in [2.24, 2.45) is 0 Å². The number of hydrogen-bond donors (Lipinski definition) is 0. The van der Waals surface area contributed by atoms with Crippen molar-refractivity contribution in [1.29, 1.82) is 0 Å². The molecule has 0 unspecified atom stereocenters. The van der Waals surface area contributed by atoms with Crippen molar-refractivity contribution < 1.29 is 22.3 Å². The van der Waals surface area contributed by atoms with Gasteiger partial charge in [-0.25, -0.2) is 8.78 Å². The first-order valence-electron chi connectivity index (χ1n) is 2.33. The van der Waals surface area contributed by atoms with Gasteiger partial charge in [0.2, 0.25) is 0 Å². The molecule has 7 heteroatoms. The number of halogens is 6. The summed E-state index contributed by atoms with van der Waals surface area (Å²) >= 11 is 0. The van der Waals surface area contributed by atoms with Crippen molar-refractivity contribution in [1.82, 2.24) is 0 Å². The summed E-state index contributed by atoms with van der Waals surface area (Å²) in [6.45, 7) is 0. The molecule has 13 heavy (non-hydrogen) atoms. The van der Waals surface area contributed by atoms with E-state index in [9.17, 15) is 17.6 Å². The minimum absolute atomic E-state index is 0. The van der Waals surface area contributed by atoms with Gasteiger partial charge in [0.05, 0.1) is 11.6 Å². The van der Waals surface area contributed by atoms with Gasteiger partial charge >= 0.3 is 23.1 Å². The molecule has 1 rings (SSSR count). The van der Waals surface area contributed by atoms with E-state index in [0.29, 0.717) is 6.07 Å². The maximum atomic E-state index is 12.0. The van der Waals surface area contributed by atoms with E-state index in [-0.39, 0.29) is 44.7 Å². The van der Waals surface area contributed by atoms with E-state index in [1.165, 1.54) is 0 Å². The van der Waals surface area contributed by atoms with E-state index >= 15 is 0 Å². The second kappa shape index (κ2) is 7.51. The van der Waals surface area contributed by atoms with Crippen molar-refractivity contribution in [2.75, 3.05) is 0 Å². The second-order valence-corrected chi connectivity index (χ2v) is 1.58. The summed E-state index contributed by atoms with van der Waals surface area (Å²) in [5.74, 6) is -6.60. The molecule has 0 aliphatic rings. The Hall–Kier alpha value is 0.116. The fourth-order valence-electron chi connectivity index (χ4n) is 0.455. The van der Waals surface area contributed by atoms with E-state index in [2.05, 4.69) is 0 Å². The maximum absolute atomic E-state index is 12.0. The van der Waals surface area contributed by atoms with Crippen LogP contribution in [-0.4, -0.2) is 23.1 Å². The molecule has 0 N–H and O–H groups in total. The van der Waals surface area contributed by atoms with Gasteiger partial charge in [-0.3, -0.25) is 8.78 Å². The third-order valence-electron chi connectivity index (χ3n) is 0.921. The molecule has 0 atom stereocenters. The zero-order valence-electron chi connectivity index (χ0n) is 6.08. The van der Waals surface area contributed by atoms with E-state index in [0.717, 1.165) is 0 Å². The van der Waals surface area contributed by atoms with Crippen molar-refractivity contribution in [3.63, 3.8) is 0 Å². The molecule has 0 spiro atoms. The molecule has 1 aromatic rings. The summed E-state index contributed by atoms with van der Waals surface area (Å²) < 4.78 is 47.8. The summed E-state index contributed by atoms with van der Waals surface area (Å²) in [6.07, 6.45) is 0. The molecule has 0 saturated carbocycles. The van der Waals surface area contributed by atoms with Gasteiger partial charge in [-0.15, -0.1) is 29.1 Å². The van der Waals surface area contributed by atoms with Gasteiger partial charge in [-0.2, -0.15) is 0 Å². The van der Waals surface area contributed by atoms with Crippen LogP contribution in [-0.2, 0) is 0 Å². The molecular weight excluding hydrogens is 271 g/mol. The summed E-state index contributed by atoms with van der Waals surface area (Å²) in [5, 5.41) is 0. The summed E-state index contributed by atoms with van der Waals surface area (Å²) in [5.41, 5.74) is 0. The molecule has 0 aromatic heterocycles. The second-order valence-electron chi connectivity index (χ2n) is 1.58. The van der Waals surface area contributed by atoms with Gasteiger partial charge in [0, 0.05) is 11.6 Å². The minimum atomic E-state index is -1.83. The Balaban J connectivity index is -0.000000333. The van der Waals surface area contributed by atoms with Crippen LogP contribution in [0.2, 0.25) is 0 Å². The Kier molecular flexibility index (Phi) is 10.9. The van der Waals surface area contributed by atoms with Gasteiger partial charge in [0.1, 0.15) is 0 Å². The molecule has 70 valence electrons. The van der Waals surface area contributed by atoms with E-state index < -0.39 is 23.3 Å².